The van der Waals surface area contributed by atoms with Gasteiger partial charge in [0, 0.05) is 22.7 Å². The number of aromatic amines is 1. The third-order valence-electron chi connectivity index (χ3n) is 4.21. The van der Waals surface area contributed by atoms with Crippen LogP contribution in [0.4, 0.5) is 5.69 Å². The Labute approximate surface area is 173 Å². The zero-order valence-corrected chi connectivity index (χ0v) is 17.2. The first-order valence-electron chi connectivity index (χ1n) is 9.34. The van der Waals surface area contributed by atoms with Gasteiger partial charge in [-0.05, 0) is 43.7 Å². The lowest BCUT2D eigenvalue weighted by molar-refractivity contribution is -0.115. The maximum absolute atomic E-state index is 12.5. The van der Waals surface area contributed by atoms with Crippen LogP contribution in [0.15, 0.2) is 64.5 Å². The first-order valence-corrected chi connectivity index (χ1v) is 10.3. The quantitative estimate of drug-likeness (QED) is 0.435. The van der Waals surface area contributed by atoms with Crippen LogP contribution in [0, 0.1) is 6.92 Å². The second kappa shape index (κ2) is 9.93. The van der Waals surface area contributed by atoms with Crippen LogP contribution in [0.25, 0.3) is 0 Å². The van der Waals surface area contributed by atoms with Crippen molar-refractivity contribution in [2.75, 3.05) is 11.9 Å². The SMILES string of the molecule is CCOc1ccc(NC(=O)Cc2c(C)nc(SCc3ccccc3)[nH]c2=O)cc1. The fourth-order valence-electron chi connectivity index (χ4n) is 2.75. The Balaban J connectivity index is 1.62. The number of anilines is 1. The highest BCUT2D eigenvalue weighted by Crippen LogP contribution is 2.19. The fraction of sp³-hybridized carbons (Fsp3) is 0.227. The van der Waals surface area contributed by atoms with E-state index in [0.717, 1.165) is 11.3 Å². The van der Waals surface area contributed by atoms with Crippen molar-refractivity contribution >= 4 is 23.4 Å². The average Bonchev–Trinajstić information content (AvgIpc) is 2.72. The highest BCUT2D eigenvalue weighted by molar-refractivity contribution is 7.98. The van der Waals surface area contributed by atoms with E-state index in [4.69, 9.17) is 4.74 Å². The van der Waals surface area contributed by atoms with Crippen molar-refractivity contribution in [1.82, 2.24) is 9.97 Å². The molecule has 150 valence electrons. The number of thioether (sulfide) groups is 1. The van der Waals surface area contributed by atoms with E-state index in [-0.39, 0.29) is 17.9 Å². The van der Waals surface area contributed by atoms with Crippen LogP contribution in [-0.2, 0) is 17.0 Å². The number of hydrogen-bond donors (Lipinski definition) is 2. The molecule has 0 spiro atoms. The molecule has 0 aliphatic rings. The highest BCUT2D eigenvalue weighted by Gasteiger charge is 2.13. The molecular weight excluding hydrogens is 386 g/mol. The minimum atomic E-state index is -0.282. The van der Waals surface area contributed by atoms with Gasteiger partial charge >= 0.3 is 0 Å². The third-order valence-corrected chi connectivity index (χ3v) is 5.15. The predicted molar refractivity (Wildman–Crippen MR) is 116 cm³/mol. The summed E-state index contributed by atoms with van der Waals surface area (Å²) in [6.07, 6.45) is -0.0367. The molecule has 3 aromatic rings. The van der Waals surface area contributed by atoms with Crippen LogP contribution in [0.3, 0.4) is 0 Å². The molecule has 7 heteroatoms. The normalized spacial score (nSPS) is 10.6. The monoisotopic (exact) mass is 409 g/mol. The Hall–Kier alpha value is -3.06. The Kier molecular flexibility index (Phi) is 7.08. The number of carbonyl (C=O) groups excluding carboxylic acids is 1. The van der Waals surface area contributed by atoms with E-state index in [2.05, 4.69) is 15.3 Å². The molecule has 0 atom stereocenters. The van der Waals surface area contributed by atoms with Gasteiger partial charge in [-0.1, -0.05) is 42.1 Å². The van der Waals surface area contributed by atoms with Gasteiger partial charge in [0.05, 0.1) is 13.0 Å². The largest absolute Gasteiger partial charge is 0.494 e. The van der Waals surface area contributed by atoms with Gasteiger partial charge in [0.2, 0.25) is 5.91 Å². The molecule has 1 heterocycles. The van der Waals surface area contributed by atoms with Crippen LogP contribution in [0.1, 0.15) is 23.7 Å². The summed E-state index contributed by atoms with van der Waals surface area (Å²) < 4.78 is 5.38. The molecule has 1 aromatic heterocycles. The Morgan fingerprint density at radius 1 is 1.14 bits per heavy atom. The van der Waals surface area contributed by atoms with Crippen molar-refractivity contribution in [2.24, 2.45) is 0 Å². The van der Waals surface area contributed by atoms with E-state index in [0.29, 0.717) is 34.5 Å². The van der Waals surface area contributed by atoms with E-state index in [1.54, 1.807) is 31.2 Å². The standard InChI is InChI=1S/C22H23N3O3S/c1-3-28-18-11-9-17(10-12-18)24-20(26)13-19-15(2)23-22(25-21(19)27)29-14-16-7-5-4-6-8-16/h4-12H,3,13-14H2,1-2H3,(H,24,26)(H,23,25,27). The van der Waals surface area contributed by atoms with Gasteiger partial charge in [0.25, 0.3) is 5.56 Å². The zero-order valence-electron chi connectivity index (χ0n) is 16.4. The fourth-order valence-corrected chi connectivity index (χ4v) is 3.62. The Morgan fingerprint density at radius 2 is 1.86 bits per heavy atom. The molecule has 0 aliphatic carbocycles. The molecule has 0 fully saturated rings. The van der Waals surface area contributed by atoms with Gasteiger partial charge in [0.15, 0.2) is 5.16 Å². The predicted octanol–water partition coefficient (Wildman–Crippen LogP) is 3.95. The number of aryl methyl sites for hydroxylation is 1. The summed E-state index contributed by atoms with van der Waals surface area (Å²) in [7, 11) is 0. The smallest absolute Gasteiger partial charge is 0.255 e. The van der Waals surface area contributed by atoms with E-state index in [9.17, 15) is 9.59 Å². The molecule has 0 unspecified atom stereocenters. The summed E-state index contributed by atoms with van der Waals surface area (Å²) in [4.78, 5) is 32.1. The maximum Gasteiger partial charge on any atom is 0.255 e. The van der Waals surface area contributed by atoms with Crippen molar-refractivity contribution in [3.63, 3.8) is 0 Å². The maximum atomic E-state index is 12.5. The van der Waals surface area contributed by atoms with Crippen LogP contribution in [0.5, 0.6) is 5.75 Å². The van der Waals surface area contributed by atoms with Gasteiger partial charge in [-0.15, -0.1) is 0 Å². The molecule has 0 aliphatic heterocycles. The third kappa shape index (κ3) is 5.96. The number of nitrogens with one attached hydrogen (secondary N) is 2. The number of hydrogen-bond acceptors (Lipinski definition) is 5. The molecule has 1 amide bonds. The molecular formula is C22H23N3O3S. The van der Waals surface area contributed by atoms with Crippen LogP contribution < -0.4 is 15.6 Å². The number of nitrogens with zero attached hydrogens (tertiary/aromatic N) is 1. The summed E-state index contributed by atoms with van der Waals surface area (Å²) in [5, 5.41) is 3.34. The number of carbonyl (C=O) groups is 1. The van der Waals surface area contributed by atoms with Crippen LogP contribution in [-0.4, -0.2) is 22.5 Å². The summed E-state index contributed by atoms with van der Waals surface area (Å²) in [6.45, 7) is 4.25. The van der Waals surface area contributed by atoms with Crippen molar-refractivity contribution in [2.45, 2.75) is 31.2 Å². The molecule has 2 aromatic carbocycles. The molecule has 2 N–H and O–H groups in total. The van der Waals surface area contributed by atoms with E-state index < -0.39 is 0 Å². The lowest BCUT2D eigenvalue weighted by Gasteiger charge is -2.09. The topological polar surface area (TPSA) is 84.1 Å². The lowest BCUT2D eigenvalue weighted by atomic mass is 10.1. The van der Waals surface area contributed by atoms with Gasteiger partial charge < -0.3 is 15.0 Å². The van der Waals surface area contributed by atoms with Crippen molar-refractivity contribution in [1.29, 1.82) is 0 Å². The number of benzene rings is 2. The molecule has 0 bridgehead atoms. The van der Waals surface area contributed by atoms with Gasteiger partial charge in [-0.2, -0.15) is 0 Å². The summed E-state index contributed by atoms with van der Waals surface area (Å²) in [5.74, 6) is 1.18. The van der Waals surface area contributed by atoms with E-state index in [1.807, 2.05) is 37.3 Å². The summed E-state index contributed by atoms with van der Waals surface area (Å²) in [5.41, 5.74) is 2.45. The number of amides is 1. The van der Waals surface area contributed by atoms with Crippen molar-refractivity contribution in [3.05, 3.63) is 81.8 Å². The first-order chi connectivity index (χ1) is 14.0. The summed E-state index contributed by atoms with van der Waals surface area (Å²) in [6, 6.07) is 17.1. The Bertz CT molecular complexity index is 1020. The first kappa shape index (κ1) is 20.7. The van der Waals surface area contributed by atoms with E-state index in [1.165, 1.54) is 11.8 Å². The van der Waals surface area contributed by atoms with E-state index >= 15 is 0 Å². The minimum absolute atomic E-state index is 0.0367. The molecule has 6 nitrogen and oxygen atoms in total. The van der Waals surface area contributed by atoms with Gasteiger partial charge in [0.1, 0.15) is 5.75 Å². The average molecular weight is 410 g/mol. The molecule has 29 heavy (non-hydrogen) atoms. The highest BCUT2D eigenvalue weighted by atomic mass is 32.2. The van der Waals surface area contributed by atoms with Gasteiger partial charge in [-0.3, -0.25) is 9.59 Å². The molecule has 3 rings (SSSR count). The van der Waals surface area contributed by atoms with Crippen LogP contribution in [0.2, 0.25) is 0 Å². The molecule has 0 saturated carbocycles. The van der Waals surface area contributed by atoms with Gasteiger partial charge in [-0.25, -0.2) is 4.98 Å². The number of ether oxygens (including phenoxy) is 1. The summed E-state index contributed by atoms with van der Waals surface area (Å²) >= 11 is 1.46. The second-order valence-electron chi connectivity index (χ2n) is 6.39. The van der Waals surface area contributed by atoms with Crippen molar-refractivity contribution in [3.8, 4) is 5.75 Å². The molecule has 0 radical (unpaired) electrons. The van der Waals surface area contributed by atoms with Crippen LogP contribution >= 0.6 is 11.8 Å². The Morgan fingerprint density at radius 3 is 2.52 bits per heavy atom. The minimum Gasteiger partial charge on any atom is -0.494 e. The number of rotatable bonds is 8. The number of H-pyrrole nitrogens is 1. The number of aromatic nitrogens is 2. The zero-order chi connectivity index (χ0) is 20.6. The van der Waals surface area contributed by atoms with Crippen molar-refractivity contribution < 1.29 is 9.53 Å². The lowest BCUT2D eigenvalue weighted by Crippen LogP contribution is -2.23. The second-order valence-corrected chi connectivity index (χ2v) is 7.36. The molecule has 0 saturated heterocycles.